The standard InChI is InChI=1S/C32H41FN2O3/c1-5-22(3)34-15-16-38-32-14-7-23(17-30(32)33)21-35(6-2)31-20-28(37-4)12-13-29(31)26-9-8-25-19-27(36)11-10-24(25)18-26/h7,10-14,17,19-20,22,26,34,36H,5-6,8-9,15-16,18,21H2,1-4H3. The van der Waals surface area contributed by atoms with Crippen LogP contribution in [0.25, 0.3) is 0 Å². The molecule has 1 aliphatic carbocycles. The van der Waals surface area contributed by atoms with Crippen LogP contribution in [0.1, 0.15) is 61.8 Å². The number of nitrogens with zero attached hydrogens (tertiary/aromatic N) is 1. The van der Waals surface area contributed by atoms with Crippen LogP contribution in [-0.4, -0.2) is 38.0 Å². The molecule has 1 aliphatic rings. The molecular formula is C32H41FN2O3. The molecule has 2 unspecified atom stereocenters. The Morgan fingerprint density at radius 3 is 2.66 bits per heavy atom. The SMILES string of the molecule is CCC(C)NCCOc1ccc(CN(CC)c2cc(OC)ccc2C2CCc3cc(O)ccc3C2)cc1F. The van der Waals surface area contributed by atoms with Gasteiger partial charge in [0.2, 0.25) is 0 Å². The molecule has 0 fully saturated rings. The number of halogens is 1. The lowest BCUT2D eigenvalue weighted by atomic mass is 9.79. The molecule has 2 N–H and O–H groups in total. The van der Waals surface area contributed by atoms with Gasteiger partial charge in [-0.25, -0.2) is 4.39 Å². The second-order valence-electron chi connectivity index (χ2n) is 10.2. The van der Waals surface area contributed by atoms with Crippen LogP contribution in [0.2, 0.25) is 0 Å². The molecule has 0 radical (unpaired) electrons. The summed E-state index contributed by atoms with van der Waals surface area (Å²) >= 11 is 0. The molecule has 6 heteroatoms. The van der Waals surface area contributed by atoms with E-state index in [2.05, 4.69) is 43.1 Å². The highest BCUT2D eigenvalue weighted by atomic mass is 19.1. The summed E-state index contributed by atoms with van der Waals surface area (Å²) in [6.45, 7) is 8.86. The number of fused-ring (bicyclic) bond motifs is 1. The van der Waals surface area contributed by atoms with E-state index in [0.717, 1.165) is 49.2 Å². The Bertz CT molecular complexity index is 1220. The minimum Gasteiger partial charge on any atom is -0.508 e. The normalized spacial score (nSPS) is 15.6. The van der Waals surface area contributed by atoms with Crippen molar-refractivity contribution in [3.05, 3.63) is 82.7 Å². The van der Waals surface area contributed by atoms with Crippen molar-refractivity contribution >= 4 is 5.69 Å². The van der Waals surface area contributed by atoms with E-state index in [-0.39, 0.29) is 11.6 Å². The molecule has 3 aromatic rings. The second-order valence-corrected chi connectivity index (χ2v) is 10.2. The van der Waals surface area contributed by atoms with Gasteiger partial charge in [0.25, 0.3) is 0 Å². The van der Waals surface area contributed by atoms with Crippen LogP contribution in [0.5, 0.6) is 17.2 Å². The van der Waals surface area contributed by atoms with Crippen LogP contribution >= 0.6 is 0 Å². The van der Waals surface area contributed by atoms with E-state index in [0.29, 0.717) is 37.4 Å². The summed E-state index contributed by atoms with van der Waals surface area (Å²) in [5.41, 5.74) is 5.82. The molecular weight excluding hydrogens is 479 g/mol. The van der Waals surface area contributed by atoms with Crippen molar-refractivity contribution in [3.8, 4) is 17.2 Å². The van der Waals surface area contributed by atoms with E-state index in [1.807, 2.05) is 24.3 Å². The van der Waals surface area contributed by atoms with Crippen LogP contribution in [0, 0.1) is 5.82 Å². The Labute approximate surface area is 226 Å². The predicted molar refractivity (Wildman–Crippen MR) is 152 cm³/mol. The minimum atomic E-state index is -0.333. The number of benzene rings is 3. The van der Waals surface area contributed by atoms with Crippen LogP contribution in [-0.2, 0) is 19.4 Å². The Balaban J connectivity index is 1.51. The fraction of sp³-hybridized carbons (Fsp3) is 0.438. The highest BCUT2D eigenvalue weighted by Crippen LogP contribution is 2.40. The average Bonchev–Trinajstić information content (AvgIpc) is 2.94. The minimum absolute atomic E-state index is 0.289. The number of aryl methyl sites for hydroxylation is 1. The molecule has 204 valence electrons. The number of phenolic OH excluding ortho intramolecular Hbond substituents is 1. The Morgan fingerprint density at radius 2 is 1.92 bits per heavy atom. The van der Waals surface area contributed by atoms with Gasteiger partial charge in [0.15, 0.2) is 11.6 Å². The third kappa shape index (κ3) is 6.79. The molecule has 0 bridgehead atoms. The monoisotopic (exact) mass is 520 g/mol. The molecule has 0 amide bonds. The van der Waals surface area contributed by atoms with E-state index in [1.54, 1.807) is 25.3 Å². The number of hydrogen-bond acceptors (Lipinski definition) is 5. The topological polar surface area (TPSA) is 54.0 Å². The van der Waals surface area contributed by atoms with Gasteiger partial charge in [-0.05, 0) is 98.0 Å². The van der Waals surface area contributed by atoms with Gasteiger partial charge in [-0.2, -0.15) is 0 Å². The van der Waals surface area contributed by atoms with Crippen molar-refractivity contribution < 1.29 is 19.0 Å². The highest BCUT2D eigenvalue weighted by Gasteiger charge is 2.25. The van der Waals surface area contributed by atoms with Gasteiger partial charge < -0.3 is 24.8 Å². The summed E-state index contributed by atoms with van der Waals surface area (Å²) in [6, 6.07) is 17.7. The summed E-state index contributed by atoms with van der Waals surface area (Å²) in [5, 5.41) is 13.2. The maximum atomic E-state index is 14.9. The molecule has 0 aliphatic heterocycles. The largest absolute Gasteiger partial charge is 0.508 e. The number of ether oxygens (including phenoxy) is 2. The fourth-order valence-electron chi connectivity index (χ4n) is 5.23. The van der Waals surface area contributed by atoms with Gasteiger partial charge >= 0.3 is 0 Å². The summed E-state index contributed by atoms with van der Waals surface area (Å²) in [7, 11) is 1.69. The van der Waals surface area contributed by atoms with Gasteiger partial charge in [-0.1, -0.05) is 25.1 Å². The number of methoxy groups -OCH3 is 1. The van der Waals surface area contributed by atoms with E-state index in [1.165, 1.54) is 16.7 Å². The van der Waals surface area contributed by atoms with E-state index < -0.39 is 0 Å². The van der Waals surface area contributed by atoms with E-state index >= 15 is 0 Å². The molecule has 38 heavy (non-hydrogen) atoms. The molecule has 0 spiro atoms. The summed E-state index contributed by atoms with van der Waals surface area (Å²) in [4.78, 5) is 2.29. The first-order valence-electron chi connectivity index (χ1n) is 13.8. The first-order chi connectivity index (χ1) is 18.4. The average molecular weight is 521 g/mol. The third-order valence-electron chi connectivity index (χ3n) is 7.65. The Hall–Kier alpha value is -3.25. The van der Waals surface area contributed by atoms with Gasteiger partial charge in [-0.3, -0.25) is 0 Å². The molecule has 0 saturated heterocycles. The lowest BCUT2D eigenvalue weighted by Gasteiger charge is -2.32. The first-order valence-corrected chi connectivity index (χ1v) is 13.8. The van der Waals surface area contributed by atoms with Crippen molar-refractivity contribution in [1.82, 2.24) is 5.32 Å². The summed E-state index contributed by atoms with van der Waals surface area (Å²) in [5.74, 6) is 1.45. The quantitative estimate of drug-likeness (QED) is 0.263. The Kier molecular flexibility index (Phi) is 9.51. The zero-order chi connectivity index (χ0) is 27.1. The number of nitrogens with one attached hydrogen (secondary N) is 1. The van der Waals surface area contributed by atoms with Crippen LogP contribution in [0.3, 0.4) is 0 Å². The van der Waals surface area contributed by atoms with Gasteiger partial charge in [0, 0.05) is 37.4 Å². The number of anilines is 1. The predicted octanol–water partition coefficient (Wildman–Crippen LogP) is 6.61. The molecule has 3 aromatic carbocycles. The number of rotatable bonds is 12. The molecule has 4 rings (SSSR count). The molecule has 0 aromatic heterocycles. The van der Waals surface area contributed by atoms with Crippen molar-refractivity contribution in [1.29, 1.82) is 0 Å². The molecule has 0 heterocycles. The van der Waals surface area contributed by atoms with Crippen molar-refractivity contribution in [2.24, 2.45) is 0 Å². The van der Waals surface area contributed by atoms with Crippen LogP contribution < -0.4 is 19.7 Å². The van der Waals surface area contributed by atoms with Gasteiger partial charge in [0.05, 0.1) is 7.11 Å². The number of phenols is 1. The molecule has 5 nitrogen and oxygen atoms in total. The fourth-order valence-corrected chi connectivity index (χ4v) is 5.23. The number of hydrogen-bond donors (Lipinski definition) is 2. The third-order valence-corrected chi connectivity index (χ3v) is 7.65. The smallest absolute Gasteiger partial charge is 0.165 e. The Morgan fingerprint density at radius 1 is 1.08 bits per heavy atom. The van der Waals surface area contributed by atoms with Crippen LogP contribution in [0.15, 0.2) is 54.6 Å². The second kappa shape index (κ2) is 13.0. The van der Waals surface area contributed by atoms with Crippen molar-refractivity contribution in [2.45, 2.75) is 65.0 Å². The summed E-state index contributed by atoms with van der Waals surface area (Å²) < 4.78 is 26.2. The molecule has 0 saturated carbocycles. The lowest BCUT2D eigenvalue weighted by Crippen LogP contribution is -2.29. The van der Waals surface area contributed by atoms with Gasteiger partial charge in [0.1, 0.15) is 18.1 Å². The van der Waals surface area contributed by atoms with Gasteiger partial charge in [-0.15, -0.1) is 0 Å². The van der Waals surface area contributed by atoms with E-state index in [4.69, 9.17) is 9.47 Å². The molecule has 2 atom stereocenters. The lowest BCUT2D eigenvalue weighted by molar-refractivity contribution is 0.292. The zero-order valence-electron chi connectivity index (χ0n) is 23.1. The maximum absolute atomic E-state index is 14.9. The van der Waals surface area contributed by atoms with E-state index in [9.17, 15) is 9.50 Å². The van der Waals surface area contributed by atoms with Crippen molar-refractivity contribution in [2.75, 3.05) is 31.7 Å². The first kappa shape index (κ1) is 27.8. The number of aromatic hydroxyl groups is 1. The maximum Gasteiger partial charge on any atom is 0.165 e. The highest BCUT2D eigenvalue weighted by molar-refractivity contribution is 5.60. The van der Waals surface area contributed by atoms with Crippen molar-refractivity contribution in [3.63, 3.8) is 0 Å². The summed E-state index contributed by atoms with van der Waals surface area (Å²) in [6.07, 6.45) is 3.93. The van der Waals surface area contributed by atoms with Crippen LogP contribution in [0.4, 0.5) is 10.1 Å². The zero-order valence-corrected chi connectivity index (χ0v) is 23.1.